The predicted molar refractivity (Wildman–Crippen MR) is 76.6 cm³/mol. The quantitative estimate of drug-likeness (QED) is 0.797. The summed E-state index contributed by atoms with van der Waals surface area (Å²) in [5.74, 6) is -0.414. The number of imide groups is 1. The van der Waals surface area contributed by atoms with E-state index in [2.05, 4.69) is 10.3 Å². The average Bonchev–Trinajstić information content (AvgIpc) is 2.38. The monoisotopic (exact) mass is 323 g/mol. The molecule has 2 heterocycles. The maximum absolute atomic E-state index is 11.8. The van der Waals surface area contributed by atoms with Crippen LogP contribution in [0.25, 0.3) is 0 Å². The lowest BCUT2D eigenvalue weighted by molar-refractivity contribution is -0.136. The Morgan fingerprint density at radius 3 is 2.84 bits per heavy atom. The lowest BCUT2D eigenvalue weighted by Crippen LogP contribution is -2.52. The molecule has 1 atom stereocenters. The third-order valence-electron chi connectivity index (χ3n) is 3.30. The molecule has 19 heavy (non-hydrogen) atoms. The molecule has 1 fully saturated rings. The second-order valence-electron chi connectivity index (χ2n) is 4.51. The van der Waals surface area contributed by atoms with E-state index in [1.165, 1.54) is 0 Å². The van der Waals surface area contributed by atoms with Crippen molar-refractivity contribution in [3.63, 3.8) is 0 Å². The number of piperidine rings is 1. The Kier molecular flexibility index (Phi) is 3.99. The molecule has 1 saturated heterocycles. The van der Waals surface area contributed by atoms with Gasteiger partial charge in [0.2, 0.25) is 11.8 Å². The molecule has 0 saturated carbocycles. The van der Waals surface area contributed by atoms with Gasteiger partial charge in [0.15, 0.2) is 0 Å². The number of benzene rings is 1. The first-order chi connectivity index (χ1) is 8.74. The average molecular weight is 324 g/mol. The van der Waals surface area contributed by atoms with Crippen LogP contribution in [0.2, 0.25) is 0 Å². The van der Waals surface area contributed by atoms with E-state index >= 15 is 0 Å². The van der Waals surface area contributed by atoms with Crippen molar-refractivity contribution in [2.75, 3.05) is 0 Å². The van der Waals surface area contributed by atoms with E-state index in [1.807, 2.05) is 29.2 Å². The molecule has 1 aromatic carbocycles. The molecule has 0 aliphatic carbocycles. The number of para-hydroxylation sites is 1. The maximum Gasteiger partial charge on any atom is 0.249 e. The summed E-state index contributed by atoms with van der Waals surface area (Å²) in [6.45, 7) is 0.659. The fourth-order valence-electron chi connectivity index (χ4n) is 2.33. The maximum atomic E-state index is 11.8. The molecule has 1 N–H and O–H groups in total. The van der Waals surface area contributed by atoms with Gasteiger partial charge in [-0.05, 0) is 18.1 Å². The molecular weight excluding hydrogens is 310 g/mol. The summed E-state index contributed by atoms with van der Waals surface area (Å²) in [5, 5.41) is 2.37. The number of fused-ring (bicyclic) bond motifs is 1. The van der Waals surface area contributed by atoms with Crippen molar-refractivity contribution < 1.29 is 9.59 Å². The van der Waals surface area contributed by atoms with E-state index in [-0.39, 0.29) is 34.8 Å². The summed E-state index contributed by atoms with van der Waals surface area (Å²) in [5.41, 5.74) is 2.05. The SMILES string of the molecule is Br.O=C1CCC(N2C=Nc3ccccc3C2)C(=O)N1. The Morgan fingerprint density at radius 1 is 1.26 bits per heavy atom. The van der Waals surface area contributed by atoms with E-state index in [9.17, 15) is 9.59 Å². The van der Waals surface area contributed by atoms with Crippen molar-refractivity contribution in [3.8, 4) is 0 Å². The Balaban J connectivity index is 0.00000133. The molecule has 1 aromatic rings. The molecular formula is C13H14BrN3O2. The number of hydrogen-bond acceptors (Lipinski definition) is 4. The van der Waals surface area contributed by atoms with Gasteiger partial charge in [-0.15, -0.1) is 17.0 Å². The standard InChI is InChI=1S/C13H13N3O2.BrH/c17-12-6-5-11(13(18)15-12)16-7-9-3-1-2-4-10(9)14-8-16;/h1-4,8,11H,5-7H2,(H,15,17,18);1H. The number of rotatable bonds is 1. The third-order valence-corrected chi connectivity index (χ3v) is 3.30. The number of carbonyl (C=O) groups excluding carboxylic acids is 2. The van der Waals surface area contributed by atoms with Crippen LogP contribution in [0.4, 0.5) is 5.69 Å². The number of aliphatic imine (C=N–C) groups is 1. The van der Waals surface area contributed by atoms with Gasteiger partial charge in [0.05, 0.1) is 12.0 Å². The smallest absolute Gasteiger partial charge is 0.249 e. The van der Waals surface area contributed by atoms with Crippen molar-refractivity contribution in [3.05, 3.63) is 29.8 Å². The minimum Gasteiger partial charge on any atom is -0.346 e. The second kappa shape index (κ2) is 5.52. The number of nitrogens with zero attached hydrogens (tertiary/aromatic N) is 2. The largest absolute Gasteiger partial charge is 0.346 e. The van der Waals surface area contributed by atoms with E-state index in [0.29, 0.717) is 19.4 Å². The molecule has 0 spiro atoms. The van der Waals surface area contributed by atoms with Gasteiger partial charge in [-0.1, -0.05) is 18.2 Å². The number of amides is 2. The Labute approximate surface area is 121 Å². The number of carbonyl (C=O) groups is 2. The van der Waals surface area contributed by atoms with Crippen molar-refractivity contribution in [1.82, 2.24) is 10.2 Å². The van der Waals surface area contributed by atoms with Crippen molar-refractivity contribution in [1.29, 1.82) is 0 Å². The van der Waals surface area contributed by atoms with Gasteiger partial charge in [-0.2, -0.15) is 0 Å². The highest BCUT2D eigenvalue weighted by molar-refractivity contribution is 8.93. The van der Waals surface area contributed by atoms with Gasteiger partial charge in [-0.3, -0.25) is 14.9 Å². The highest BCUT2D eigenvalue weighted by Gasteiger charge is 2.31. The Morgan fingerprint density at radius 2 is 2.05 bits per heavy atom. The van der Waals surface area contributed by atoms with Crippen LogP contribution in [0.1, 0.15) is 18.4 Å². The molecule has 0 aromatic heterocycles. The summed E-state index contributed by atoms with van der Waals surface area (Å²) in [6, 6.07) is 7.57. The summed E-state index contributed by atoms with van der Waals surface area (Å²) in [4.78, 5) is 29.1. The van der Waals surface area contributed by atoms with Crippen LogP contribution in [-0.2, 0) is 16.1 Å². The van der Waals surface area contributed by atoms with E-state index in [1.54, 1.807) is 6.34 Å². The zero-order valence-corrected chi connectivity index (χ0v) is 11.9. The third kappa shape index (κ3) is 2.68. The predicted octanol–water partition coefficient (Wildman–Crippen LogP) is 1.55. The van der Waals surface area contributed by atoms with Gasteiger partial charge in [-0.25, -0.2) is 4.99 Å². The highest BCUT2D eigenvalue weighted by atomic mass is 79.9. The minimum absolute atomic E-state index is 0. The van der Waals surface area contributed by atoms with Gasteiger partial charge >= 0.3 is 0 Å². The first-order valence-electron chi connectivity index (χ1n) is 5.95. The molecule has 2 amide bonds. The minimum atomic E-state index is -0.292. The van der Waals surface area contributed by atoms with Crippen LogP contribution in [-0.4, -0.2) is 29.1 Å². The molecule has 3 rings (SSSR count). The van der Waals surface area contributed by atoms with Crippen LogP contribution in [0.5, 0.6) is 0 Å². The molecule has 5 nitrogen and oxygen atoms in total. The van der Waals surface area contributed by atoms with Gasteiger partial charge < -0.3 is 4.90 Å². The number of halogens is 1. The van der Waals surface area contributed by atoms with E-state index in [0.717, 1.165) is 11.3 Å². The summed E-state index contributed by atoms with van der Waals surface area (Å²) < 4.78 is 0. The van der Waals surface area contributed by atoms with Gasteiger partial charge in [0, 0.05) is 13.0 Å². The number of nitrogens with one attached hydrogen (secondary N) is 1. The van der Waals surface area contributed by atoms with E-state index < -0.39 is 0 Å². The van der Waals surface area contributed by atoms with Gasteiger partial charge in [0.25, 0.3) is 0 Å². The van der Waals surface area contributed by atoms with Crippen molar-refractivity contribution in [2.24, 2.45) is 4.99 Å². The fraction of sp³-hybridized carbons (Fsp3) is 0.308. The first kappa shape index (κ1) is 13.7. The Hall–Kier alpha value is -1.69. The topological polar surface area (TPSA) is 61.8 Å². The van der Waals surface area contributed by atoms with Crippen molar-refractivity contribution >= 4 is 40.8 Å². The zero-order chi connectivity index (χ0) is 12.5. The lowest BCUT2D eigenvalue weighted by atomic mass is 10.0. The summed E-state index contributed by atoms with van der Waals surface area (Å²) in [7, 11) is 0. The second-order valence-corrected chi connectivity index (χ2v) is 4.51. The van der Waals surface area contributed by atoms with Gasteiger partial charge in [0.1, 0.15) is 6.04 Å². The van der Waals surface area contributed by atoms with Crippen molar-refractivity contribution in [2.45, 2.75) is 25.4 Å². The molecule has 0 bridgehead atoms. The molecule has 1 unspecified atom stereocenters. The molecule has 2 aliphatic rings. The summed E-state index contributed by atoms with van der Waals surface area (Å²) >= 11 is 0. The highest BCUT2D eigenvalue weighted by Crippen LogP contribution is 2.25. The molecule has 100 valence electrons. The van der Waals surface area contributed by atoms with Crippen LogP contribution in [0.3, 0.4) is 0 Å². The van der Waals surface area contributed by atoms with E-state index in [4.69, 9.17) is 0 Å². The zero-order valence-electron chi connectivity index (χ0n) is 10.2. The van der Waals surface area contributed by atoms with Crippen LogP contribution in [0, 0.1) is 0 Å². The molecule has 2 aliphatic heterocycles. The normalized spacial score (nSPS) is 21.5. The molecule has 6 heteroatoms. The fourth-order valence-corrected chi connectivity index (χ4v) is 2.33. The van der Waals surface area contributed by atoms with Crippen LogP contribution < -0.4 is 5.32 Å². The lowest BCUT2D eigenvalue weighted by Gasteiger charge is -2.33. The van der Waals surface area contributed by atoms with Crippen LogP contribution in [0.15, 0.2) is 29.3 Å². The first-order valence-corrected chi connectivity index (χ1v) is 5.95. The Bertz CT molecular complexity index is 544. The molecule has 0 radical (unpaired) electrons. The van der Waals surface area contributed by atoms with Crippen LogP contribution >= 0.6 is 17.0 Å². The number of hydrogen-bond donors (Lipinski definition) is 1. The summed E-state index contributed by atoms with van der Waals surface area (Å²) in [6.07, 6.45) is 2.64.